The molecule has 0 aliphatic carbocycles. The van der Waals surface area contributed by atoms with Crippen molar-refractivity contribution in [1.29, 1.82) is 0 Å². The van der Waals surface area contributed by atoms with Crippen LogP contribution in [-0.4, -0.2) is 130 Å². The topological polar surface area (TPSA) is 414 Å². The molecule has 0 amide bonds. The van der Waals surface area contributed by atoms with E-state index in [-0.39, 0.29) is 14.1 Å². The Bertz CT molecular complexity index is 1050. The zero-order valence-electron chi connectivity index (χ0n) is 19.6. The van der Waals surface area contributed by atoms with E-state index < -0.39 is 102 Å². The summed E-state index contributed by atoms with van der Waals surface area (Å²) < 4.78 is 65.5. The smallest absolute Gasteiger partial charge is 0.395 e. The Kier molecular flexibility index (Phi) is 12.2. The molecule has 0 bridgehead atoms. The second kappa shape index (κ2) is 12.0. The maximum atomic E-state index is 12.5. The molecule has 236 valence electrons. The first-order valence-electron chi connectivity index (χ1n) is 9.53. The third-order valence-electron chi connectivity index (χ3n) is 5.16. The van der Waals surface area contributed by atoms with E-state index in [9.17, 15) is 82.2 Å². The van der Waals surface area contributed by atoms with Crippen molar-refractivity contribution in [3.63, 3.8) is 0 Å². The molecule has 0 saturated carbocycles. The Labute approximate surface area is 218 Å². The maximum Gasteiger partial charge on any atom is 0.395 e. The van der Waals surface area contributed by atoms with E-state index in [0.717, 1.165) is 0 Å². The molecule has 0 rings (SSSR count). The lowest BCUT2D eigenvalue weighted by molar-refractivity contribution is -0.949. The second-order valence-corrected chi connectivity index (χ2v) is 20.0. The van der Waals surface area contributed by atoms with Gasteiger partial charge in [0.2, 0.25) is 0 Å². The maximum absolute atomic E-state index is 12.5. The standard InChI is InChI=1S/C9H29N3O21P6/c1-10(7(34(16,17)18)35(19,20)21,8(36(22,23)24)37(25,26)27)3-5-12(14,15)6-4-11(2,13)9(38(28,29)30)39(31,32)33/h7-9H,3-6H2,1-2H3,(H2,16,17,18)(H2,19,20,21)(H2,22,23,24)(H2,25,26,27)(H2,28,29,30)(H2,31,32,33). The number of likely N-dealkylation sites (N-methyl/N-ethyl adjacent to an activating group) is 2. The fourth-order valence-electron chi connectivity index (χ4n) is 3.89. The minimum atomic E-state index is -6.30. The average Bonchev–Trinajstić information content (AvgIpc) is 2.49. The molecule has 0 aromatic heterocycles. The minimum Gasteiger partial charge on any atom is -0.632 e. The molecular formula is C9H29N3O21P6. The van der Waals surface area contributed by atoms with Gasteiger partial charge in [0.05, 0.1) is 14.1 Å². The van der Waals surface area contributed by atoms with Crippen LogP contribution < -0.4 is 0 Å². The van der Waals surface area contributed by atoms with Crippen LogP contribution in [0.25, 0.3) is 0 Å². The molecular weight excluding hydrogens is 672 g/mol. The molecule has 12 N–H and O–H groups in total. The number of hydroxylamine groups is 7. The van der Waals surface area contributed by atoms with Crippen LogP contribution >= 0.6 is 45.6 Å². The Balaban J connectivity index is 6.69. The van der Waals surface area contributed by atoms with Crippen LogP contribution in [0.4, 0.5) is 0 Å². The average molecular weight is 701 g/mol. The van der Waals surface area contributed by atoms with Crippen molar-refractivity contribution in [2.75, 3.05) is 40.3 Å². The Morgan fingerprint density at radius 3 is 0.923 bits per heavy atom. The molecule has 0 fully saturated rings. The van der Waals surface area contributed by atoms with Crippen LogP contribution in [0.15, 0.2) is 0 Å². The highest BCUT2D eigenvalue weighted by Gasteiger charge is 2.68. The first kappa shape index (κ1) is 39.7. The third-order valence-corrected chi connectivity index (χ3v) is 17.3. The Hall–Kier alpha value is 0.660. The summed E-state index contributed by atoms with van der Waals surface area (Å²) in [5.41, 5.74) is -10.7. The summed E-state index contributed by atoms with van der Waals surface area (Å²) in [5.74, 6) is 0. The predicted molar refractivity (Wildman–Crippen MR) is 126 cm³/mol. The van der Waals surface area contributed by atoms with E-state index in [4.69, 9.17) is 19.6 Å². The molecule has 0 radical (unpaired) electrons. The van der Waals surface area contributed by atoms with Gasteiger partial charge < -0.3 is 83.8 Å². The van der Waals surface area contributed by atoms with Crippen LogP contribution in [0.3, 0.4) is 0 Å². The summed E-state index contributed by atoms with van der Waals surface area (Å²) >= 11 is 0. The summed E-state index contributed by atoms with van der Waals surface area (Å²) in [4.78, 5) is 110. The monoisotopic (exact) mass is 701 g/mol. The van der Waals surface area contributed by atoms with Gasteiger partial charge in [0.1, 0.15) is 26.2 Å². The molecule has 30 heteroatoms. The summed E-state index contributed by atoms with van der Waals surface area (Å²) in [5, 5.41) is 37.4. The summed E-state index contributed by atoms with van der Waals surface area (Å²) in [6.45, 7) is -6.90. The highest BCUT2D eigenvalue weighted by Crippen LogP contribution is 2.71. The van der Waals surface area contributed by atoms with Gasteiger partial charge in [-0.05, 0) is 0 Å². The van der Waals surface area contributed by atoms with Gasteiger partial charge in [-0.3, -0.25) is 31.9 Å². The van der Waals surface area contributed by atoms with Crippen molar-refractivity contribution < 1.29 is 100 Å². The molecule has 0 heterocycles. The van der Waals surface area contributed by atoms with E-state index >= 15 is 0 Å². The predicted octanol–water partition coefficient (Wildman–Crippen LogP) is -2.89. The lowest BCUT2D eigenvalue weighted by Crippen LogP contribution is -2.62. The number of quaternary nitrogens is 3. The van der Waals surface area contributed by atoms with E-state index in [1.165, 1.54) is 0 Å². The molecule has 0 aliphatic heterocycles. The zero-order valence-corrected chi connectivity index (χ0v) is 25.0. The molecule has 24 nitrogen and oxygen atoms in total. The van der Waals surface area contributed by atoms with E-state index in [1.54, 1.807) is 0 Å². The van der Waals surface area contributed by atoms with Gasteiger partial charge in [-0.2, -0.15) is 0 Å². The van der Waals surface area contributed by atoms with E-state index in [2.05, 4.69) is 0 Å². The molecule has 0 spiro atoms. The van der Waals surface area contributed by atoms with Crippen molar-refractivity contribution in [2.24, 2.45) is 0 Å². The SMILES string of the molecule is C[N+]([O-])(CC[N+]([O-])([O-])CC[N+](C)(C(P(=O)(O)O)P(=O)(O)O)C(P(=O)(O)O)P(=O)(O)O)C(P(=O)(O)O)P(=O)(O)O. The fourth-order valence-corrected chi connectivity index (χ4v) is 14.3. The van der Waals surface area contributed by atoms with E-state index in [0.29, 0.717) is 0 Å². The lowest BCUT2D eigenvalue weighted by atomic mass is 10.4. The molecule has 1 unspecified atom stereocenters. The Morgan fingerprint density at radius 1 is 0.462 bits per heavy atom. The Morgan fingerprint density at radius 2 is 0.692 bits per heavy atom. The first-order valence-corrected chi connectivity index (χ1v) is 19.6. The number of nitrogens with zero attached hydrogens (tertiary/aromatic N) is 3. The minimum absolute atomic E-state index is 0.108. The van der Waals surface area contributed by atoms with Crippen molar-refractivity contribution in [2.45, 2.75) is 16.6 Å². The van der Waals surface area contributed by atoms with Crippen molar-refractivity contribution in [1.82, 2.24) is 0 Å². The third kappa shape index (κ3) is 11.0. The number of rotatable bonds is 15. The van der Waals surface area contributed by atoms with Gasteiger partial charge in [-0.25, -0.2) is 0 Å². The normalized spacial score (nSPS) is 17.2. The van der Waals surface area contributed by atoms with Crippen molar-refractivity contribution in [3.05, 3.63) is 15.6 Å². The largest absolute Gasteiger partial charge is 0.632 e. The van der Waals surface area contributed by atoms with Gasteiger partial charge in [-0.15, -0.1) is 0 Å². The van der Waals surface area contributed by atoms with E-state index in [1.807, 2.05) is 0 Å². The van der Waals surface area contributed by atoms with Gasteiger partial charge in [0.25, 0.3) is 16.6 Å². The van der Waals surface area contributed by atoms with Crippen LogP contribution in [0.5, 0.6) is 0 Å². The number of hydrogen-bond donors (Lipinski definition) is 12. The van der Waals surface area contributed by atoms with Crippen LogP contribution in [0.2, 0.25) is 0 Å². The molecule has 39 heavy (non-hydrogen) atoms. The zero-order chi connectivity index (χ0) is 32.1. The van der Waals surface area contributed by atoms with Gasteiger partial charge in [-0.1, -0.05) is 0 Å². The fraction of sp³-hybridized carbons (Fsp3) is 1.00. The van der Waals surface area contributed by atoms with Gasteiger partial charge in [0, 0.05) is 0 Å². The molecule has 0 aromatic carbocycles. The highest BCUT2D eigenvalue weighted by atomic mass is 31.2. The highest BCUT2D eigenvalue weighted by molar-refractivity contribution is 7.72. The summed E-state index contributed by atoms with van der Waals surface area (Å²) in [7, 11) is -36.7. The van der Waals surface area contributed by atoms with Crippen LogP contribution in [0.1, 0.15) is 0 Å². The van der Waals surface area contributed by atoms with Crippen molar-refractivity contribution in [3.8, 4) is 0 Å². The molecule has 0 saturated heterocycles. The molecule has 0 aliphatic rings. The van der Waals surface area contributed by atoms with Crippen LogP contribution in [-0.2, 0) is 27.4 Å². The number of hydrogen-bond acceptors (Lipinski definition) is 9. The van der Waals surface area contributed by atoms with Gasteiger partial charge in [0.15, 0.2) is 0 Å². The van der Waals surface area contributed by atoms with Crippen molar-refractivity contribution >= 4 is 45.6 Å². The quantitative estimate of drug-likeness (QED) is 0.0463. The van der Waals surface area contributed by atoms with Gasteiger partial charge >= 0.3 is 45.6 Å². The first-order chi connectivity index (χ1) is 16.5. The molecule has 1 atom stereocenters. The summed E-state index contributed by atoms with van der Waals surface area (Å²) in [6, 6.07) is 0. The van der Waals surface area contributed by atoms with Crippen LogP contribution in [0, 0.1) is 15.6 Å². The second-order valence-electron chi connectivity index (χ2n) is 8.80. The summed E-state index contributed by atoms with van der Waals surface area (Å²) in [6.07, 6.45) is 0. The molecule has 0 aromatic rings. The lowest BCUT2D eigenvalue weighted by Gasteiger charge is -2.53.